The van der Waals surface area contributed by atoms with E-state index < -0.39 is 0 Å². The molecule has 1 aromatic heterocycles. The normalized spacial score (nSPS) is 19.9. The summed E-state index contributed by atoms with van der Waals surface area (Å²) >= 11 is 3.43. The highest BCUT2D eigenvalue weighted by molar-refractivity contribution is 9.10. The Kier molecular flexibility index (Phi) is 3.43. The van der Waals surface area contributed by atoms with Crippen LogP contribution in [0.2, 0.25) is 0 Å². The van der Waals surface area contributed by atoms with E-state index in [2.05, 4.69) is 36.4 Å². The van der Waals surface area contributed by atoms with Crippen molar-refractivity contribution in [2.75, 3.05) is 6.54 Å². The van der Waals surface area contributed by atoms with Crippen LogP contribution < -0.4 is 5.32 Å². The van der Waals surface area contributed by atoms with Gasteiger partial charge in [0.15, 0.2) is 5.82 Å². The molecule has 0 bridgehead atoms. The van der Waals surface area contributed by atoms with Gasteiger partial charge in [-0.2, -0.15) is 5.10 Å². The van der Waals surface area contributed by atoms with E-state index in [1.807, 2.05) is 24.3 Å². The zero-order valence-corrected chi connectivity index (χ0v) is 11.6. The summed E-state index contributed by atoms with van der Waals surface area (Å²) in [7, 11) is 0. The second-order valence-corrected chi connectivity index (χ2v) is 5.47. The largest absolute Gasteiger partial charge is 0.307 e. The summed E-state index contributed by atoms with van der Waals surface area (Å²) in [6.45, 7) is 1.07. The summed E-state index contributed by atoms with van der Waals surface area (Å²) in [6.07, 6.45) is 3.64. The summed E-state index contributed by atoms with van der Waals surface area (Å²) in [5, 5.41) is 10.8. The molecule has 0 spiro atoms. The molecular weight excluding hydrogens is 292 g/mol. The number of hydrogen-bond donors (Lipinski definition) is 2. The van der Waals surface area contributed by atoms with Gasteiger partial charge in [-0.3, -0.25) is 5.10 Å². The number of aromatic amines is 1. The van der Waals surface area contributed by atoms with Crippen molar-refractivity contribution in [1.29, 1.82) is 0 Å². The fraction of sp³-hybridized carbons (Fsp3) is 0.385. The number of rotatable bonds is 2. The van der Waals surface area contributed by atoms with Gasteiger partial charge in [0.05, 0.1) is 6.04 Å². The Hall–Kier alpha value is -1.20. The Morgan fingerprint density at radius 2 is 2.00 bits per heavy atom. The van der Waals surface area contributed by atoms with Gasteiger partial charge in [0, 0.05) is 10.0 Å². The Bertz CT molecular complexity index is 514. The fourth-order valence-corrected chi connectivity index (χ4v) is 2.51. The van der Waals surface area contributed by atoms with Gasteiger partial charge in [0.2, 0.25) is 0 Å². The molecule has 2 N–H and O–H groups in total. The van der Waals surface area contributed by atoms with Crippen molar-refractivity contribution in [2.24, 2.45) is 0 Å². The maximum Gasteiger partial charge on any atom is 0.181 e. The highest BCUT2D eigenvalue weighted by atomic mass is 79.9. The van der Waals surface area contributed by atoms with E-state index in [0.29, 0.717) is 6.04 Å². The van der Waals surface area contributed by atoms with E-state index in [0.717, 1.165) is 34.7 Å². The van der Waals surface area contributed by atoms with Crippen molar-refractivity contribution >= 4 is 15.9 Å². The lowest BCUT2D eigenvalue weighted by Gasteiger charge is -2.20. The molecule has 94 valence electrons. The average Bonchev–Trinajstić information content (AvgIpc) is 2.90. The van der Waals surface area contributed by atoms with E-state index in [4.69, 9.17) is 0 Å². The molecule has 18 heavy (non-hydrogen) atoms. The van der Waals surface area contributed by atoms with Crippen LogP contribution in [-0.2, 0) is 0 Å². The SMILES string of the molecule is Brc1ccc(-c2n[nH]c(C3CCCCN3)n2)cc1. The number of nitrogens with zero attached hydrogens (tertiary/aromatic N) is 2. The number of hydrogen-bond acceptors (Lipinski definition) is 3. The molecular formula is C13H15BrN4. The third kappa shape index (κ3) is 2.47. The number of H-pyrrole nitrogens is 1. The van der Waals surface area contributed by atoms with Crippen LogP contribution in [0.3, 0.4) is 0 Å². The first kappa shape index (κ1) is 11.9. The standard InChI is InChI=1S/C13H15BrN4/c14-10-6-4-9(5-7-10)12-16-13(18-17-12)11-3-1-2-8-15-11/h4-7,11,15H,1-3,8H2,(H,16,17,18). The molecule has 5 heteroatoms. The summed E-state index contributed by atoms with van der Waals surface area (Å²) in [5.41, 5.74) is 1.04. The second kappa shape index (κ2) is 5.20. The molecule has 1 saturated heterocycles. The Labute approximate surface area is 114 Å². The highest BCUT2D eigenvalue weighted by Crippen LogP contribution is 2.23. The van der Waals surface area contributed by atoms with E-state index in [1.54, 1.807) is 0 Å². The monoisotopic (exact) mass is 306 g/mol. The first-order chi connectivity index (χ1) is 8.83. The number of benzene rings is 1. The van der Waals surface area contributed by atoms with Gasteiger partial charge in [0.25, 0.3) is 0 Å². The molecule has 1 aromatic carbocycles. The van der Waals surface area contributed by atoms with Crippen LogP contribution in [0.15, 0.2) is 28.7 Å². The predicted molar refractivity (Wildman–Crippen MR) is 74.1 cm³/mol. The Balaban J connectivity index is 1.82. The lowest BCUT2D eigenvalue weighted by molar-refractivity contribution is 0.398. The fourth-order valence-electron chi connectivity index (χ4n) is 2.24. The van der Waals surface area contributed by atoms with Crippen molar-refractivity contribution in [3.05, 3.63) is 34.6 Å². The first-order valence-corrected chi connectivity index (χ1v) is 7.04. The highest BCUT2D eigenvalue weighted by Gasteiger charge is 2.18. The van der Waals surface area contributed by atoms with Crippen molar-refractivity contribution in [2.45, 2.75) is 25.3 Å². The summed E-state index contributed by atoms with van der Waals surface area (Å²) in [4.78, 5) is 4.59. The number of halogens is 1. The molecule has 2 heterocycles. The summed E-state index contributed by atoms with van der Waals surface area (Å²) in [5.74, 6) is 1.72. The van der Waals surface area contributed by atoms with Crippen molar-refractivity contribution in [3.63, 3.8) is 0 Å². The molecule has 1 aliphatic heterocycles. The average molecular weight is 307 g/mol. The van der Waals surface area contributed by atoms with Crippen LogP contribution in [0.1, 0.15) is 31.1 Å². The van der Waals surface area contributed by atoms with Crippen LogP contribution in [-0.4, -0.2) is 21.7 Å². The third-order valence-electron chi connectivity index (χ3n) is 3.25. The lowest BCUT2D eigenvalue weighted by Crippen LogP contribution is -2.27. The van der Waals surface area contributed by atoms with Crippen LogP contribution in [0.4, 0.5) is 0 Å². The van der Waals surface area contributed by atoms with E-state index in [1.165, 1.54) is 12.8 Å². The Morgan fingerprint density at radius 3 is 2.72 bits per heavy atom. The second-order valence-electron chi connectivity index (χ2n) is 4.55. The van der Waals surface area contributed by atoms with Gasteiger partial charge < -0.3 is 5.32 Å². The number of nitrogens with one attached hydrogen (secondary N) is 2. The topological polar surface area (TPSA) is 53.6 Å². The van der Waals surface area contributed by atoms with Crippen LogP contribution >= 0.6 is 15.9 Å². The molecule has 1 aliphatic rings. The van der Waals surface area contributed by atoms with E-state index in [-0.39, 0.29) is 0 Å². The van der Waals surface area contributed by atoms with Crippen molar-refractivity contribution in [1.82, 2.24) is 20.5 Å². The maximum absolute atomic E-state index is 4.59. The molecule has 0 aliphatic carbocycles. The van der Waals surface area contributed by atoms with Gasteiger partial charge in [-0.1, -0.05) is 34.5 Å². The minimum absolute atomic E-state index is 0.329. The molecule has 1 fully saturated rings. The molecule has 0 radical (unpaired) electrons. The number of piperidine rings is 1. The first-order valence-electron chi connectivity index (χ1n) is 6.24. The van der Waals surface area contributed by atoms with Gasteiger partial charge in [-0.05, 0) is 31.5 Å². The predicted octanol–water partition coefficient (Wildman–Crippen LogP) is 3.05. The zero-order chi connectivity index (χ0) is 12.4. The van der Waals surface area contributed by atoms with Crippen LogP contribution in [0, 0.1) is 0 Å². The van der Waals surface area contributed by atoms with Crippen molar-refractivity contribution in [3.8, 4) is 11.4 Å². The Morgan fingerprint density at radius 1 is 1.17 bits per heavy atom. The quantitative estimate of drug-likeness (QED) is 0.896. The van der Waals surface area contributed by atoms with Crippen LogP contribution in [0.5, 0.6) is 0 Å². The summed E-state index contributed by atoms with van der Waals surface area (Å²) < 4.78 is 1.07. The third-order valence-corrected chi connectivity index (χ3v) is 3.77. The molecule has 2 aromatic rings. The van der Waals surface area contributed by atoms with Crippen molar-refractivity contribution < 1.29 is 0 Å². The molecule has 1 atom stereocenters. The van der Waals surface area contributed by atoms with Crippen LogP contribution in [0.25, 0.3) is 11.4 Å². The van der Waals surface area contributed by atoms with Gasteiger partial charge >= 0.3 is 0 Å². The van der Waals surface area contributed by atoms with E-state index >= 15 is 0 Å². The summed E-state index contributed by atoms with van der Waals surface area (Å²) in [6, 6.07) is 8.38. The molecule has 0 amide bonds. The molecule has 3 rings (SSSR count). The zero-order valence-electron chi connectivity index (χ0n) is 9.99. The number of aromatic nitrogens is 3. The maximum atomic E-state index is 4.59. The molecule has 0 saturated carbocycles. The smallest absolute Gasteiger partial charge is 0.181 e. The van der Waals surface area contributed by atoms with Gasteiger partial charge in [0.1, 0.15) is 5.82 Å². The minimum Gasteiger partial charge on any atom is -0.307 e. The molecule has 4 nitrogen and oxygen atoms in total. The van der Waals surface area contributed by atoms with Gasteiger partial charge in [-0.15, -0.1) is 0 Å². The molecule has 1 unspecified atom stereocenters. The minimum atomic E-state index is 0.329. The van der Waals surface area contributed by atoms with Gasteiger partial charge in [-0.25, -0.2) is 4.98 Å². The lowest BCUT2D eigenvalue weighted by atomic mass is 10.0. The van der Waals surface area contributed by atoms with E-state index in [9.17, 15) is 0 Å².